The molecular weight excluding hydrogens is 373 g/mol. The predicted octanol–water partition coefficient (Wildman–Crippen LogP) is 3.67. The standard InChI is InChI=1S/C19H15Cl2N3O2/c20-12-6-7-14(16(21)10-12)18(25)23-9-8-17-15(11-23)19(26)24(22-17)13-4-2-1-3-5-13/h1-7,10,22H,8-9,11H2. The minimum Gasteiger partial charge on any atom is -0.334 e. The lowest BCUT2D eigenvalue weighted by Crippen LogP contribution is -2.37. The van der Waals surface area contributed by atoms with Gasteiger partial charge in [-0.25, -0.2) is 4.68 Å². The number of halogens is 2. The predicted molar refractivity (Wildman–Crippen MR) is 101 cm³/mol. The number of amides is 1. The largest absolute Gasteiger partial charge is 0.334 e. The summed E-state index contributed by atoms with van der Waals surface area (Å²) in [6, 6.07) is 14.2. The zero-order valence-corrected chi connectivity index (χ0v) is 15.2. The molecule has 0 spiro atoms. The van der Waals surface area contributed by atoms with Gasteiger partial charge in [-0.2, -0.15) is 0 Å². The van der Waals surface area contributed by atoms with Crippen LogP contribution in [0.5, 0.6) is 0 Å². The molecule has 0 radical (unpaired) electrons. The van der Waals surface area contributed by atoms with E-state index in [2.05, 4.69) is 5.10 Å². The van der Waals surface area contributed by atoms with E-state index in [1.54, 1.807) is 23.1 Å². The summed E-state index contributed by atoms with van der Waals surface area (Å²) < 4.78 is 1.52. The Kier molecular flexibility index (Phi) is 4.34. The number of carbonyl (C=O) groups is 1. The summed E-state index contributed by atoms with van der Waals surface area (Å²) in [5.41, 5.74) is 2.50. The molecule has 132 valence electrons. The topological polar surface area (TPSA) is 58.1 Å². The summed E-state index contributed by atoms with van der Waals surface area (Å²) in [5.74, 6) is -0.204. The van der Waals surface area contributed by atoms with Gasteiger partial charge in [0.1, 0.15) is 0 Å². The van der Waals surface area contributed by atoms with Crippen LogP contribution in [0.2, 0.25) is 10.0 Å². The van der Waals surface area contributed by atoms with E-state index in [0.29, 0.717) is 34.1 Å². The Bertz CT molecular complexity index is 1040. The lowest BCUT2D eigenvalue weighted by molar-refractivity contribution is 0.0734. The van der Waals surface area contributed by atoms with Crippen molar-refractivity contribution in [3.63, 3.8) is 0 Å². The number of H-pyrrole nitrogens is 1. The van der Waals surface area contributed by atoms with Crippen LogP contribution >= 0.6 is 23.2 Å². The van der Waals surface area contributed by atoms with Gasteiger partial charge in [-0.1, -0.05) is 41.4 Å². The minimum atomic E-state index is -0.204. The Balaban J connectivity index is 1.65. The first kappa shape index (κ1) is 16.9. The average molecular weight is 388 g/mol. The molecule has 0 atom stereocenters. The maximum Gasteiger partial charge on any atom is 0.276 e. The molecule has 1 N–H and O–H groups in total. The van der Waals surface area contributed by atoms with Crippen molar-refractivity contribution in [2.24, 2.45) is 0 Å². The molecule has 1 aliphatic heterocycles. The van der Waals surface area contributed by atoms with Crippen LogP contribution in [0.4, 0.5) is 0 Å². The highest BCUT2D eigenvalue weighted by Gasteiger charge is 2.27. The number of hydrogen-bond donors (Lipinski definition) is 1. The molecule has 0 saturated carbocycles. The molecule has 7 heteroatoms. The fraction of sp³-hybridized carbons (Fsp3) is 0.158. The molecule has 0 bridgehead atoms. The third-order valence-corrected chi connectivity index (χ3v) is 5.06. The maximum atomic E-state index is 12.8. The second-order valence-corrected chi connectivity index (χ2v) is 6.99. The second kappa shape index (κ2) is 6.67. The Hall–Kier alpha value is -2.50. The first-order valence-electron chi connectivity index (χ1n) is 8.17. The van der Waals surface area contributed by atoms with Crippen molar-refractivity contribution >= 4 is 29.1 Å². The van der Waals surface area contributed by atoms with Crippen molar-refractivity contribution in [3.05, 3.63) is 85.8 Å². The van der Waals surface area contributed by atoms with E-state index in [1.807, 2.05) is 30.3 Å². The number of hydrogen-bond acceptors (Lipinski definition) is 2. The van der Waals surface area contributed by atoms with Crippen LogP contribution in [0.1, 0.15) is 21.6 Å². The summed E-state index contributed by atoms with van der Waals surface area (Å²) in [6.45, 7) is 0.766. The van der Waals surface area contributed by atoms with E-state index in [-0.39, 0.29) is 18.0 Å². The molecule has 26 heavy (non-hydrogen) atoms. The van der Waals surface area contributed by atoms with E-state index < -0.39 is 0 Å². The number of aromatic nitrogens is 2. The van der Waals surface area contributed by atoms with E-state index in [1.165, 1.54) is 4.68 Å². The van der Waals surface area contributed by atoms with E-state index in [0.717, 1.165) is 11.4 Å². The van der Waals surface area contributed by atoms with Crippen molar-refractivity contribution < 1.29 is 4.79 Å². The lowest BCUT2D eigenvalue weighted by atomic mass is 10.1. The van der Waals surface area contributed by atoms with Gasteiger partial charge in [-0.05, 0) is 30.3 Å². The van der Waals surface area contributed by atoms with Gasteiger partial charge in [-0.15, -0.1) is 0 Å². The molecule has 4 rings (SSSR count). The van der Waals surface area contributed by atoms with Crippen LogP contribution in [0.15, 0.2) is 53.3 Å². The summed E-state index contributed by atoms with van der Waals surface area (Å²) in [6.07, 6.45) is 0.585. The molecule has 0 saturated heterocycles. The van der Waals surface area contributed by atoms with Gasteiger partial charge in [-0.3, -0.25) is 14.7 Å². The molecule has 1 amide bonds. The normalized spacial score (nSPS) is 13.5. The number of fused-ring (bicyclic) bond motifs is 1. The molecule has 2 heterocycles. The highest BCUT2D eigenvalue weighted by molar-refractivity contribution is 6.36. The highest BCUT2D eigenvalue weighted by Crippen LogP contribution is 2.24. The molecule has 0 aliphatic carbocycles. The van der Waals surface area contributed by atoms with Gasteiger partial charge in [0.2, 0.25) is 0 Å². The number of nitrogens with one attached hydrogen (secondary N) is 1. The molecule has 5 nitrogen and oxygen atoms in total. The third-order valence-electron chi connectivity index (χ3n) is 4.52. The molecule has 0 fully saturated rings. The number of nitrogens with zero attached hydrogens (tertiary/aromatic N) is 2. The Morgan fingerprint density at radius 2 is 1.85 bits per heavy atom. The smallest absolute Gasteiger partial charge is 0.276 e. The fourth-order valence-electron chi connectivity index (χ4n) is 3.17. The number of rotatable bonds is 2. The molecule has 0 unspecified atom stereocenters. The zero-order chi connectivity index (χ0) is 18.3. The summed E-state index contributed by atoms with van der Waals surface area (Å²) in [7, 11) is 0. The maximum absolute atomic E-state index is 12.8. The first-order chi connectivity index (χ1) is 12.5. The highest BCUT2D eigenvalue weighted by atomic mass is 35.5. The van der Waals surface area contributed by atoms with Gasteiger partial charge in [0.15, 0.2) is 0 Å². The Morgan fingerprint density at radius 1 is 1.08 bits per heavy atom. The first-order valence-corrected chi connectivity index (χ1v) is 8.92. The third kappa shape index (κ3) is 2.93. The quantitative estimate of drug-likeness (QED) is 0.728. The molecule has 2 aromatic carbocycles. The minimum absolute atomic E-state index is 0.133. The van der Waals surface area contributed by atoms with E-state index in [9.17, 15) is 9.59 Å². The van der Waals surface area contributed by atoms with Crippen LogP contribution in [-0.4, -0.2) is 27.1 Å². The van der Waals surface area contributed by atoms with Gasteiger partial charge in [0.05, 0.1) is 28.4 Å². The van der Waals surface area contributed by atoms with Crippen LogP contribution in [0.25, 0.3) is 5.69 Å². The Labute approximate surface area is 159 Å². The van der Waals surface area contributed by atoms with Gasteiger partial charge < -0.3 is 4.90 Å². The van der Waals surface area contributed by atoms with Crippen molar-refractivity contribution in [3.8, 4) is 5.69 Å². The van der Waals surface area contributed by atoms with Crippen LogP contribution in [0, 0.1) is 0 Å². The zero-order valence-electron chi connectivity index (χ0n) is 13.7. The van der Waals surface area contributed by atoms with Crippen molar-refractivity contribution in [1.82, 2.24) is 14.7 Å². The molecule has 1 aliphatic rings. The lowest BCUT2D eigenvalue weighted by Gasteiger charge is -2.26. The average Bonchev–Trinajstić information content (AvgIpc) is 2.98. The van der Waals surface area contributed by atoms with Gasteiger partial charge >= 0.3 is 0 Å². The SMILES string of the molecule is O=C(c1ccc(Cl)cc1Cl)N1CCc2[nH]n(-c3ccccc3)c(=O)c2C1. The van der Waals surface area contributed by atoms with Crippen LogP contribution in [0.3, 0.4) is 0 Å². The van der Waals surface area contributed by atoms with Crippen LogP contribution in [-0.2, 0) is 13.0 Å². The number of carbonyl (C=O) groups excluding carboxylic acids is 1. The fourth-order valence-corrected chi connectivity index (χ4v) is 3.66. The summed E-state index contributed by atoms with van der Waals surface area (Å²) >= 11 is 12.1. The number of para-hydroxylation sites is 1. The second-order valence-electron chi connectivity index (χ2n) is 6.15. The number of benzene rings is 2. The molecule has 1 aromatic heterocycles. The monoisotopic (exact) mass is 387 g/mol. The van der Waals surface area contributed by atoms with Gasteiger partial charge in [0.25, 0.3) is 11.5 Å². The summed E-state index contributed by atoms with van der Waals surface area (Å²) in [5, 5.41) is 3.94. The van der Waals surface area contributed by atoms with Gasteiger partial charge in [0, 0.05) is 23.7 Å². The van der Waals surface area contributed by atoms with Crippen molar-refractivity contribution in [2.45, 2.75) is 13.0 Å². The summed E-state index contributed by atoms with van der Waals surface area (Å²) in [4.78, 5) is 27.2. The molecule has 3 aromatic rings. The van der Waals surface area contributed by atoms with Crippen LogP contribution < -0.4 is 5.56 Å². The van der Waals surface area contributed by atoms with E-state index in [4.69, 9.17) is 23.2 Å². The number of aromatic amines is 1. The van der Waals surface area contributed by atoms with E-state index >= 15 is 0 Å². The molecular formula is C19H15Cl2N3O2. The Morgan fingerprint density at radius 3 is 2.58 bits per heavy atom. The van der Waals surface area contributed by atoms with Crippen molar-refractivity contribution in [1.29, 1.82) is 0 Å². The van der Waals surface area contributed by atoms with Crippen molar-refractivity contribution in [2.75, 3.05) is 6.54 Å².